The average molecular weight is 233 g/mol. The van der Waals surface area contributed by atoms with E-state index in [1.807, 2.05) is 6.08 Å². The fourth-order valence-corrected chi connectivity index (χ4v) is 2.05. The molecule has 0 radical (unpaired) electrons. The summed E-state index contributed by atoms with van der Waals surface area (Å²) in [6.45, 7) is 0. The third kappa shape index (κ3) is 1.51. The lowest BCUT2D eigenvalue weighted by molar-refractivity contribution is 0.211. The lowest BCUT2D eigenvalue weighted by atomic mass is 10.2. The third-order valence-corrected chi connectivity index (χ3v) is 2.85. The van der Waals surface area contributed by atoms with E-state index in [2.05, 4.69) is 15.0 Å². The maximum atomic E-state index is 11.6. The summed E-state index contributed by atoms with van der Waals surface area (Å²) < 4.78 is 1.74. The molecule has 1 aliphatic carbocycles. The van der Waals surface area contributed by atoms with Crippen LogP contribution in [0.2, 0.25) is 0 Å². The van der Waals surface area contributed by atoms with Gasteiger partial charge in [-0.15, -0.1) is 0 Å². The van der Waals surface area contributed by atoms with Gasteiger partial charge in [-0.05, 0) is 0 Å². The Morgan fingerprint density at radius 3 is 3.06 bits per heavy atom. The predicted octanol–water partition coefficient (Wildman–Crippen LogP) is -0.436. The Hall–Kier alpha value is -2.15. The molecule has 0 spiro atoms. The fraction of sp³-hybridized carbons (Fsp3) is 0.300. The van der Waals surface area contributed by atoms with E-state index < -0.39 is 6.10 Å². The molecule has 3 rings (SSSR count). The topological polar surface area (TPSA) is 110 Å². The minimum Gasteiger partial charge on any atom is -0.389 e. The first-order chi connectivity index (χ1) is 8.15. The number of nitrogen functional groups attached to an aromatic ring is 1. The van der Waals surface area contributed by atoms with Crippen LogP contribution in [0.15, 0.2) is 23.3 Å². The first-order valence-electron chi connectivity index (χ1n) is 5.24. The lowest BCUT2D eigenvalue weighted by Gasteiger charge is -2.10. The molecular formula is C10H11N5O2. The molecule has 4 N–H and O–H groups in total. The molecule has 1 aliphatic rings. The molecule has 0 aliphatic heterocycles. The van der Waals surface area contributed by atoms with E-state index >= 15 is 0 Å². The second-order valence-corrected chi connectivity index (χ2v) is 4.03. The molecule has 17 heavy (non-hydrogen) atoms. The fourth-order valence-electron chi connectivity index (χ4n) is 2.05. The largest absolute Gasteiger partial charge is 0.389 e. The Labute approximate surface area is 95.6 Å². The van der Waals surface area contributed by atoms with Crippen molar-refractivity contribution < 1.29 is 5.11 Å². The number of aromatic nitrogens is 4. The van der Waals surface area contributed by atoms with Crippen LogP contribution in [0.3, 0.4) is 0 Å². The van der Waals surface area contributed by atoms with Crippen LogP contribution in [0.4, 0.5) is 5.95 Å². The summed E-state index contributed by atoms with van der Waals surface area (Å²) in [7, 11) is 0. The molecule has 2 aromatic rings. The molecule has 2 aromatic heterocycles. The minimum absolute atomic E-state index is 0.0382. The zero-order valence-electron chi connectivity index (χ0n) is 8.87. The highest BCUT2D eigenvalue weighted by molar-refractivity contribution is 5.70. The number of nitrogens with one attached hydrogen (secondary N) is 1. The number of allylic oxidation sites excluding steroid dienone is 1. The van der Waals surface area contributed by atoms with Gasteiger partial charge in [-0.2, -0.15) is 4.98 Å². The molecule has 7 heteroatoms. The zero-order chi connectivity index (χ0) is 12.0. The number of aliphatic hydroxyl groups excluding tert-OH is 1. The molecule has 88 valence electrons. The van der Waals surface area contributed by atoms with Crippen LogP contribution in [0.1, 0.15) is 12.5 Å². The van der Waals surface area contributed by atoms with Crippen LogP contribution in [0.5, 0.6) is 0 Å². The van der Waals surface area contributed by atoms with Crippen LogP contribution in [0, 0.1) is 0 Å². The summed E-state index contributed by atoms with van der Waals surface area (Å²) in [4.78, 5) is 22.1. The molecule has 0 saturated heterocycles. The van der Waals surface area contributed by atoms with Gasteiger partial charge in [-0.3, -0.25) is 9.78 Å². The number of fused-ring (bicyclic) bond motifs is 1. The zero-order valence-corrected chi connectivity index (χ0v) is 8.87. The van der Waals surface area contributed by atoms with Gasteiger partial charge >= 0.3 is 0 Å². The van der Waals surface area contributed by atoms with Crippen LogP contribution < -0.4 is 11.3 Å². The SMILES string of the molecule is Nc1nc2c(ncn2[C@H]2C=C[C@@H](O)C2)c(=O)[nH]1. The number of imidazole rings is 1. The summed E-state index contributed by atoms with van der Waals surface area (Å²) in [5, 5.41) is 9.45. The van der Waals surface area contributed by atoms with Gasteiger partial charge in [0, 0.05) is 6.42 Å². The van der Waals surface area contributed by atoms with Crippen molar-refractivity contribution in [3.63, 3.8) is 0 Å². The monoisotopic (exact) mass is 233 g/mol. The van der Waals surface area contributed by atoms with Crippen LogP contribution >= 0.6 is 0 Å². The van der Waals surface area contributed by atoms with E-state index in [1.54, 1.807) is 17.0 Å². The van der Waals surface area contributed by atoms with Crippen molar-refractivity contribution in [2.24, 2.45) is 0 Å². The van der Waals surface area contributed by atoms with Gasteiger partial charge in [-0.25, -0.2) is 4.98 Å². The highest BCUT2D eigenvalue weighted by atomic mass is 16.3. The summed E-state index contributed by atoms with van der Waals surface area (Å²) in [6.07, 6.45) is 5.22. The minimum atomic E-state index is -0.461. The van der Waals surface area contributed by atoms with Gasteiger partial charge in [0.05, 0.1) is 18.5 Å². The summed E-state index contributed by atoms with van der Waals surface area (Å²) >= 11 is 0. The number of anilines is 1. The second kappa shape index (κ2) is 3.42. The van der Waals surface area contributed by atoms with E-state index in [0.29, 0.717) is 12.1 Å². The van der Waals surface area contributed by atoms with Crippen LogP contribution in [0.25, 0.3) is 11.2 Å². The van der Waals surface area contributed by atoms with Crippen molar-refractivity contribution in [2.75, 3.05) is 5.73 Å². The number of aromatic amines is 1. The van der Waals surface area contributed by atoms with Gasteiger partial charge in [-0.1, -0.05) is 12.2 Å². The molecule has 7 nitrogen and oxygen atoms in total. The van der Waals surface area contributed by atoms with Crippen molar-refractivity contribution in [1.29, 1.82) is 0 Å². The van der Waals surface area contributed by atoms with Crippen molar-refractivity contribution in [3.8, 4) is 0 Å². The predicted molar refractivity (Wildman–Crippen MR) is 61.4 cm³/mol. The van der Waals surface area contributed by atoms with Gasteiger partial charge in [0.15, 0.2) is 11.2 Å². The van der Waals surface area contributed by atoms with Gasteiger partial charge in [0.25, 0.3) is 5.56 Å². The number of hydrogen-bond donors (Lipinski definition) is 3. The van der Waals surface area contributed by atoms with E-state index in [1.165, 1.54) is 0 Å². The molecule has 2 heterocycles. The Balaban J connectivity index is 2.18. The number of hydrogen-bond acceptors (Lipinski definition) is 5. The normalized spacial score (nSPS) is 23.6. The Morgan fingerprint density at radius 2 is 2.35 bits per heavy atom. The van der Waals surface area contributed by atoms with Crippen LogP contribution in [-0.2, 0) is 0 Å². The quantitative estimate of drug-likeness (QED) is 0.578. The Bertz CT molecular complexity index is 656. The number of H-pyrrole nitrogens is 1. The first kappa shape index (κ1) is 10.0. The molecule has 0 saturated carbocycles. The molecule has 0 fully saturated rings. The molecule has 0 unspecified atom stereocenters. The maximum Gasteiger partial charge on any atom is 0.280 e. The molecule has 0 amide bonds. The average Bonchev–Trinajstić information content (AvgIpc) is 2.83. The first-order valence-corrected chi connectivity index (χ1v) is 5.24. The summed E-state index contributed by atoms with van der Waals surface area (Å²) in [6, 6.07) is -0.0382. The van der Waals surface area contributed by atoms with Crippen molar-refractivity contribution in [1.82, 2.24) is 19.5 Å². The molecular weight excluding hydrogens is 222 g/mol. The van der Waals surface area contributed by atoms with Gasteiger partial charge in [0.1, 0.15) is 0 Å². The van der Waals surface area contributed by atoms with E-state index in [0.717, 1.165) is 0 Å². The second-order valence-electron chi connectivity index (χ2n) is 4.03. The molecule has 0 aromatic carbocycles. The van der Waals surface area contributed by atoms with Crippen LogP contribution in [-0.4, -0.2) is 30.7 Å². The number of aliphatic hydroxyl groups is 1. The smallest absolute Gasteiger partial charge is 0.280 e. The van der Waals surface area contributed by atoms with Gasteiger partial charge in [0.2, 0.25) is 5.95 Å². The van der Waals surface area contributed by atoms with E-state index in [4.69, 9.17) is 5.73 Å². The van der Waals surface area contributed by atoms with Gasteiger partial charge < -0.3 is 15.4 Å². The highest BCUT2D eigenvalue weighted by Gasteiger charge is 2.21. The standard InChI is InChI=1S/C10H11N5O2/c11-10-13-8-7(9(17)14-10)12-4-15(8)5-1-2-6(16)3-5/h1-2,4-6,16H,3H2,(H3,11,13,14,17)/t5-,6+/m0/s1. The highest BCUT2D eigenvalue weighted by Crippen LogP contribution is 2.25. The maximum absolute atomic E-state index is 11.6. The summed E-state index contributed by atoms with van der Waals surface area (Å²) in [5.41, 5.74) is 5.85. The third-order valence-electron chi connectivity index (χ3n) is 2.85. The van der Waals surface area contributed by atoms with E-state index in [-0.39, 0.29) is 23.1 Å². The summed E-state index contributed by atoms with van der Waals surface area (Å²) in [5.74, 6) is 0.0618. The number of nitrogens with zero attached hydrogens (tertiary/aromatic N) is 3. The molecule has 0 bridgehead atoms. The Morgan fingerprint density at radius 1 is 1.53 bits per heavy atom. The Kier molecular flexibility index (Phi) is 2.02. The lowest BCUT2D eigenvalue weighted by Crippen LogP contribution is -2.13. The number of rotatable bonds is 1. The number of nitrogens with two attached hydrogens (primary N) is 1. The molecule has 2 atom stereocenters. The van der Waals surface area contributed by atoms with Crippen molar-refractivity contribution >= 4 is 17.1 Å². The van der Waals surface area contributed by atoms with Crippen molar-refractivity contribution in [2.45, 2.75) is 18.6 Å². The van der Waals surface area contributed by atoms with E-state index in [9.17, 15) is 9.90 Å². The van der Waals surface area contributed by atoms with Crippen molar-refractivity contribution in [3.05, 3.63) is 28.8 Å².